The van der Waals surface area contributed by atoms with E-state index in [0.29, 0.717) is 22.7 Å². The summed E-state index contributed by atoms with van der Waals surface area (Å²) in [5.41, 5.74) is 6.78. The van der Waals surface area contributed by atoms with Gasteiger partial charge in [-0.15, -0.1) is 29.7 Å². The summed E-state index contributed by atoms with van der Waals surface area (Å²) in [5, 5.41) is 3.19. The Kier molecular flexibility index (Phi) is 8.19. The van der Waals surface area contributed by atoms with Gasteiger partial charge in [0.2, 0.25) is 0 Å². The molecule has 7 heteroatoms. The van der Waals surface area contributed by atoms with Gasteiger partial charge in [0.25, 0.3) is 6.33 Å². The molecule has 56 heavy (non-hydrogen) atoms. The Balaban J connectivity index is 0.00000514. The second kappa shape index (κ2) is 14.5. The van der Waals surface area contributed by atoms with Crippen molar-refractivity contribution >= 4 is 46.1 Å². The number of para-hydroxylation sites is 4. The minimum absolute atomic E-state index is 0. The zero-order valence-electron chi connectivity index (χ0n) is 37.0. The number of hydrogen-bond acceptors (Lipinski definition) is 2. The van der Waals surface area contributed by atoms with Crippen molar-refractivity contribution in [2.75, 3.05) is 0 Å². The van der Waals surface area contributed by atoms with Crippen LogP contribution in [0.3, 0.4) is 0 Å². The zero-order chi connectivity index (χ0) is 42.2. The number of aromatic nitrogens is 4. The summed E-state index contributed by atoms with van der Waals surface area (Å²) in [6, 6.07) is 41.4. The van der Waals surface area contributed by atoms with Gasteiger partial charge in [0, 0.05) is 44.3 Å². The molecule has 0 aliphatic rings. The van der Waals surface area contributed by atoms with Crippen molar-refractivity contribution in [2.45, 2.75) is 45.8 Å². The molecule has 9 aromatic rings. The van der Waals surface area contributed by atoms with Crippen LogP contribution >= 0.6 is 0 Å². The van der Waals surface area contributed by atoms with Crippen molar-refractivity contribution < 1.29 is 37.2 Å². The van der Waals surface area contributed by atoms with E-state index in [-0.39, 0.29) is 56.2 Å². The van der Waals surface area contributed by atoms with Gasteiger partial charge >= 0.3 is 0 Å². The summed E-state index contributed by atoms with van der Waals surface area (Å²) in [5.74, 6) is 1.82. The fourth-order valence-corrected chi connectivity index (χ4v) is 8.86. The topological polar surface area (TPSA) is 35.9 Å². The van der Waals surface area contributed by atoms with Crippen LogP contribution in [0.4, 0.5) is 0 Å². The second-order valence-electron chi connectivity index (χ2n) is 15.8. The van der Waals surface area contributed by atoms with Crippen LogP contribution < -0.4 is 14.5 Å². The largest absolute Gasteiger partial charge is 0.510 e. The SMILES string of the molecule is [2H]c1c([2H])c([2H])c(-c2cccc([Si](C)(C)C)c2-[n+]2[c-]n(-c3[c-]c(Oc4[c-]c5c(cc4)c4ccccc4n5-c4cc(C(C)(C)C)ccn4)ccc3)c3ccccc32)c([2H])c1[2H].[Pt]. The molecule has 0 unspecified atom stereocenters. The summed E-state index contributed by atoms with van der Waals surface area (Å²) in [6.45, 7) is 13.3. The predicted molar refractivity (Wildman–Crippen MR) is 227 cm³/mol. The molecule has 3 heterocycles. The van der Waals surface area contributed by atoms with Crippen molar-refractivity contribution in [1.29, 1.82) is 0 Å². The second-order valence-corrected chi connectivity index (χ2v) is 20.8. The van der Waals surface area contributed by atoms with Gasteiger partial charge in [0.15, 0.2) is 0 Å². The Morgan fingerprint density at radius 1 is 0.750 bits per heavy atom. The third-order valence-corrected chi connectivity index (χ3v) is 12.0. The van der Waals surface area contributed by atoms with Crippen LogP contribution in [0.15, 0.2) is 146 Å². The van der Waals surface area contributed by atoms with E-state index >= 15 is 0 Å². The Hall–Kier alpha value is -5.55. The molecular weight excluding hydrogens is 884 g/mol. The average molecular weight is 931 g/mol. The molecule has 0 radical (unpaired) electrons. The standard InChI is InChI=1S/C49H42N4OSi.Pt/c1-49(2,3)35-28-29-50-47(30-35)53-42-22-11-10-20-40(42)41-27-26-38(32-45(41)53)54-37-19-14-18-36(31-37)51-33-52(44-24-13-12-23-43(44)51)48-39(34-16-8-7-9-17-34)21-15-25-46(48)55(4,5)6;/h7-30H,1-6H3;/q-2;/i7D,8D,9D,16D,17D;. The molecule has 9 rings (SSSR count). The fraction of sp³-hybridized carbons (Fsp3) is 0.143. The van der Waals surface area contributed by atoms with Gasteiger partial charge in [-0.3, -0.25) is 4.57 Å². The quantitative estimate of drug-likeness (QED) is 0.0907. The number of imidazole rings is 1. The normalized spacial score (nSPS) is 13.2. The molecule has 0 bridgehead atoms. The van der Waals surface area contributed by atoms with Gasteiger partial charge in [-0.2, -0.15) is 18.2 Å². The molecule has 6 aromatic carbocycles. The van der Waals surface area contributed by atoms with E-state index in [9.17, 15) is 0 Å². The Morgan fingerprint density at radius 3 is 2.27 bits per heavy atom. The van der Waals surface area contributed by atoms with Crippen LogP contribution in [0.1, 0.15) is 33.2 Å². The first-order valence-corrected chi connectivity index (χ1v) is 21.9. The predicted octanol–water partition coefficient (Wildman–Crippen LogP) is 11.1. The summed E-state index contributed by atoms with van der Waals surface area (Å²) >= 11 is 0. The third-order valence-electron chi connectivity index (χ3n) is 10.0. The van der Waals surface area contributed by atoms with Crippen molar-refractivity contribution in [2.24, 2.45) is 0 Å². The summed E-state index contributed by atoms with van der Waals surface area (Å²) in [7, 11) is -2.12. The Labute approximate surface area is 351 Å². The first-order valence-electron chi connectivity index (χ1n) is 20.9. The molecule has 0 saturated heterocycles. The van der Waals surface area contributed by atoms with Gasteiger partial charge in [0.1, 0.15) is 5.82 Å². The zero-order valence-corrected chi connectivity index (χ0v) is 35.3. The molecule has 0 fully saturated rings. The number of pyridine rings is 1. The summed E-state index contributed by atoms with van der Waals surface area (Å²) in [6.07, 6.45) is 5.46. The van der Waals surface area contributed by atoms with E-state index in [4.69, 9.17) is 16.6 Å². The van der Waals surface area contributed by atoms with E-state index in [1.54, 1.807) is 0 Å². The van der Waals surface area contributed by atoms with Crippen molar-refractivity contribution in [1.82, 2.24) is 14.1 Å². The van der Waals surface area contributed by atoms with E-state index < -0.39 is 14.1 Å². The molecular formula is C49H42N4OPtSi-2. The van der Waals surface area contributed by atoms with Crippen LogP contribution in [-0.4, -0.2) is 22.2 Å². The molecule has 0 amide bonds. The number of nitrogens with zero attached hydrogens (tertiary/aromatic N) is 4. The summed E-state index contributed by atoms with van der Waals surface area (Å²) < 4.78 is 55.7. The van der Waals surface area contributed by atoms with Gasteiger partial charge in [0.05, 0.1) is 31.6 Å². The van der Waals surface area contributed by atoms with Gasteiger partial charge in [-0.1, -0.05) is 137 Å². The third kappa shape index (κ3) is 6.71. The van der Waals surface area contributed by atoms with E-state index in [0.717, 1.165) is 49.5 Å². The molecule has 0 N–H and O–H groups in total. The maximum Gasteiger partial charge on any atom is 0.268 e. The molecule has 0 atom stereocenters. The number of rotatable bonds is 7. The molecule has 0 spiro atoms. The van der Waals surface area contributed by atoms with Crippen molar-refractivity contribution in [3.63, 3.8) is 0 Å². The minimum atomic E-state index is -2.12. The number of ether oxygens (including phenoxy) is 1. The Morgan fingerprint density at radius 2 is 1.48 bits per heavy atom. The average Bonchev–Trinajstić information content (AvgIpc) is 3.78. The van der Waals surface area contributed by atoms with E-state index in [1.807, 2.05) is 88.1 Å². The fourth-order valence-electron chi connectivity index (χ4n) is 7.30. The van der Waals surface area contributed by atoms with Gasteiger partial charge < -0.3 is 13.9 Å². The summed E-state index contributed by atoms with van der Waals surface area (Å²) in [4.78, 5) is 4.81. The van der Waals surface area contributed by atoms with Crippen molar-refractivity contribution in [3.8, 4) is 39.8 Å². The number of benzene rings is 6. The molecule has 0 aliphatic carbocycles. The van der Waals surface area contributed by atoms with Crippen LogP contribution in [0.25, 0.3) is 61.2 Å². The minimum Gasteiger partial charge on any atom is -0.510 e. The monoisotopic (exact) mass is 930 g/mol. The van der Waals surface area contributed by atoms with Crippen LogP contribution in [0, 0.1) is 18.5 Å². The first kappa shape index (κ1) is 31.6. The van der Waals surface area contributed by atoms with Gasteiger partial charge in [-0.05, 0) is 56.6 Å². The molecule has 280 valence electrons. The number of hydrogen-bond donors (Lipinski definition) is 0. The smallest absolute Gasteiger partial charge is 0.268 e. The van der Waals surface area contributed by atoms with Crippen LogP contribution in [0.5, 0.6) is 11.5 Å². The van der Waals surface area contributed by atoms with Crippen LogP contribution in [-0.2, 0) is 26.5 Å². The van der Waals surface area contributed by atoms with E-state index in [2.05, 4.69) is 99.8 Å². The Bertz CT molecular complexity index is 3150. The molecule has 3 aromatic heterocycles. The maximum atomic E-state index is 8.92. The molecule has 0 saturated carbocycles. The first-order chi connectivity index (χ1) is 28.6. The molecule has 5 nitrogen and oxygen atoms in total. The maximum absolute atomic E-state index is 8.92. The van der Waals surface area contributed by atoms with Crippen molar-refractivity contribution in [3.05, 3.63) is 170 Å². The number of fused-ring (bicyclic) bond motifs is 4. The van der Waals surface area contributed by atoms with Gasteiger partial charge in [-0.25, -0.2) is 4.98 Å². The molecule has 0 aliphatic heterocycles. The van der Waals surface area contributed by atoms with Crippen LogP contribution in [0.2, 0.25) is 19.6 Å². The van der Waals surface area contributed by atoms with E-state index in [1.165, 1.54) is 5.56 Å².